The predicted molar refractivity (Wildman–Crippen MR) is 93.2 cm³/mol. The average Bonchev–Trinajstić information content (AvgIpc) is 2.65. The maximum absolute atomic E-state index is 14.0. The minimum atomic E-state index is -0.373. The van der Waals surface area contributed by atoms with Gasteiger partial charge in [-0.05, 0) is 24.6 Å². The standard InChI is InChI=1S/C20H22FNO3/c1-2-24-20(23)22-13-12-18(25-19-11-7-6-10-17(19)21)16(14-22)15-8-4-3-5-9-15/h3-11,16,18H,2,12-14H2,1H3/t16-,18-/m1/s1. The number of hydrogen-bond acceptors (Lipinski definition) is 3. The van der Waals surface area contributed by atoms with E-state index in [4.69, 9.17) is 9.47 Å². The van der Waals surface area contributed by atoms with Crippen molar-refractivity contribution in [1.29, 1.82) is 0 Å². The van der Waals surface area contributed by atoms with E-state index in [1.807, 2.05) is 30.3 Å². The normalized spacial score (nSPS) is 20.2. The molecule has 0 radical (unpaired) electrons. The molecule has 1 fully saturated rings. The first-order valence-electron chi connectivity index (χ1n) is 8.57. The van der Waals surface area contributed by atoms with Gasteiger partial charge in [-0.3, -0.25) is 0 Å². The van der Waals surface area contributed by atoms with Crippen molar-refractivity contribution in [1.82, 2.24) is 4.90 Å². The highest BCUT2D eigenvalue weighted by Crippen LogP contribution is 2.32. The third-order valence-corrected chi connectivity index (χ3v) is 4.42. The second-order valence-corrected chi connectivity index (χ2v) is 6.04. The van der Waals surface area contributed by atoms with Gasteiger partial charge >= 0.3 is 6.09 Å². The molecule has 1 amide bonds. The zero-order valence-electron chi connectivity index (χ0n) is 14.2. The third kappa shape index (κ3) is 4.10. The van der Waals surface area contributed by atoms with Crippen LogP contribution in [0.4, 0.5) is 9.18 Å². The molecule has 0 spiro atoms. The minimum Gasteiger partial charge on any atom is -0.487 e. The fraction of sp³-hybridized carbons (Fsp3) is 0.350. The third-order valence-electron chi connectivity index (χ3n) is 4.42. The lowest BCUT2D eigenvalue weighted by molar-refractivity contribution is 0.0558. The van der Waals surface area contributed by atoms with Crippen LogP contribution < -0.4 is 4.74 Å². The highest BCUT2D eigenvalue weighted by molar-refractivity contribution is 5.67. The Labute approximate surface area is 147 Å². The van der Waals surface area contributed by atoms with Gasteiger partial charge in [0.2, 0.25) is 0 Å². The SMILES string of the molecule is CCOC(=O)N1CC[C@@H](Oc2ccccc2F)[C@@H](c2ccccc2)C1. The maximum Gasteiger partial charge on any atom is 0.409 e. The van der Waals surface area contributed by atoms with Gasteiger partial charge in [-0.15, -0.1) is 0 Å². The molecule has 1 aliphatic heterocycles. The number of hydrogen-bond donors (Lipinski definition) is 0. The molecule has 4 nitrogen and oxygen atoms in total. The molecule has 0 unspecified atom stereocenters. The Morgan fingerprint density at radius 2 is 1.88 bits per heavy atom. The van der Waals surface area contributed by atoms with Gasteiger partial charge in [0, 0.05) is 25.4 Å². The van der Waals surface area contributed by atoms with Gasteiger partial charge < -0.3 is 14.4 Å². The van der Waals surface area contributed by atoms with Gasteiger partial charge in [-0.1, -0.05) is 42.5 Å². The number of ether oxygens (including phenoxy) is 2. The van der Waals surface area contributed by atoms with E-state index < -0.39 is 0 Å². The van der Waals surface area contributed by atoms with E-state index in [-0.39, 0.29) is 29.7 Å². The van der Waals surface area contributed by atoms with Crippen LogP contribution in [0.5, 0.6) is 5.75 Å². The van der Waals surface area contributed by atoms with Crippen molar-refractivity contribution < 1.29 is 18.7 Å². The van der Waals surface area contributed by atoms with Crippen LogP contribution in [0.15, 0.2) is 54.6 Å². The number of carbonyl (C=O) groups is 1. The lowest BCUT2D eigenvalue weighted by atomic mass is 9.88. The Morgan fingerprint density at radius 1 is 1.16 bits per heavy atom. The van der Waals surface area contributed by atoms with Crippen LogP contribution in [0.1, 0.15) is 24.8 Å². The minimum absolute atomic E-state index is 0.0426. The maximum atomic E-state index is 14.0. The highest BCUT2D eigenvalue weighted by Gasteiger charge is 2.34. The molecular formula is C20H22FNO3. The lowest BCUT2D eigenvalue weighted by Gasteiger charge is -2.38. The molecule has 3 rings (SSSR count). The van der Waals surface area contributed by atoms with Crippen molar-refractivity contribution in [3.63, 3.8) is 0 Å². The predicted octanol–water partition coefficient (Wildman–Crippen LogP) is 4.22. The zero-order chi connectivity index (χ0) is 17.6. The summed E-state index contributed by atoms with van der Waals surface area (Å²) in [5.74, 6) is -0.167. The summed E-state index contributed by atoms with van der Waals surface area (Å²) < 4.78 is 25.1. The molecule has 2 aromatic rings. The lowest BCUT2D eigenvalue weighted by Crippen LogP contribution is -2.47. The zero-order valence-corrected chi connectivity index (χ0v) is 14.2. The second kappa shape index (κ2) is 8.01. The first-order chi connectivity index (χ1) is 12.2. The van der Waals surface area contributed by atoms with E-state index in [9.17, 15) is 9.18 Å². The van der Waals surface area contributed by atoms with Gasteiger partial charge in [-0.2, -0.15) is 0 Å². The van der Waals surface area contributed by atoms with Crippen LogP contribution >= 0.6 is 0 Å². The van der Waals surface area contributed by atoms with E-state index >= 15 is 0 Å². The summed E-state index contributed by atoms with van der Waals surface area (Å²) in [5.41, 5.74) is 1.07. The molecule has 1 aliphatic rings. The second-order valence-electron chi connectivity index (χ2n) is 6.04. The molecule has 2 atom stereocenters. The fourth-order valence-electron chi connectivity index (χ4n) is 3.18. The number of halogens is 1. The monoisotopic (exact) mass is 343 g/mol. The quantitative estimate of drug-likeness (QED) is 0.834. The van der Waals surface area contributed by atoms with Crippen molar-refractivity contribution >= 4 is 6.09 Å². The number of rotatable bonds is 4. The van der Waals surface area contributed by atoms with Crippen LogP contribution in [0.3, 0.4) is 0 Å². The summed E-state index contributed by atoms with van der Waals surface area (Å²) in [6.45, 7) is 3.16. The molecule has 2 aromatic carbocycles. The van der Waals surface area contributed by atoms with Crippen LogP contribution in [0.25, 0.3) is 0 Å². The van der Waals surface area contributed by atoms with Gasteiger partial charge in [0.05, 0.1) is 6.61 Å². The van der Waals surface area contributed by atoms with E-state index in [0.717, 1.165) is 5.56 Å². The highest BCUT2D eigenvalue weighted by atomic mass is 19.1. The first kappa shape index (κ1) is 17.3. The molecule has 132 valence electrons. The van der Waals surface area contributed by atoms with Crippen molar-refractivity contribution in [2.75, 3.05) is 19.7 Å². The average molecular weight is 343 g/mol. The molecule has 25 heavy (non-hydrogen) atoms. The smallest absolute Gasteiger partial charge is 0.409 e. The van der Waals surface area contributed by atoms with Crippen molar-refractivity contribution in [3.05, 3.63) is 66.0 Å². The number of likely N-dealkylation sites (tertiary alicyclic amines) is 1. The molecule has 5 heteroatoms. The Hall–Kier alpha value is -2.56. The molecule has 0 saturated carbocycles. The van der Waals surface area contributed by atoms with E-state index in [2.05, 4.69) is 0 Å². The van der Waals surface area contributed by atoms with Crippen molar-refractivity contribution in [2.24, 2.45) is 0 Å². The number of piperidine rings is 1. The van der Waals surface area contributed by atoms with Crippen LogP contribution in [-0.4, -0.2) is 36.8 Å². The number of amides is 1. The van der Waals surface area contributed by atoms with E-state index in [1.54, 1.807) is 30.0 Å². The summed E-state index contributed by atoms with van der Waals surface area (Å²) in [6, 6.07) is 16.3. The Morgan fingerprint density at radius 3 is 2.60 bits per heavy atom. The van der Waals surface area contributed by atoms with Gasteiger partial charge in [0.25, 0.3) is 0 Å². The summed E-state index contributed by atoms with van der Waals surface area (Å²) in [4.78, 5) is 13.8. The van der Waals surface area contributed by atoms with Crippen LogP contribution in [0.2, 0.25) is 0 Å². The summed E-state index contributed by atoms with van der Waals surface area (Å²) in [6.07, 6.45) is 0.102. The van der Waals surface area contributed by atoms with Crippen molar-refractivity contribution in [2.45, 2.75) is 25.4 Å². The van der Waals surface area contributed by atoms with E-state index in [1.165, 1.54) is 6.07 Å². The summed E-state index contributed by atoms with van der Waals surface area (Å²) >= 11 is 0. The molecule has 0 aromatic heterocycles. The fourth-order valence-corrected chi connectivity index (χ4v) is 3.18. The molecule has 1 saturated heterocycles. The molecule has 0 bridgehead atoms. The Balaban J connectivity index is 1.81. The number of benzene rings is 2. The largest absolute Gasteiger partial charge is 0.487 e. The van der Waals surface area contributed by atoms with Crippen LogP contribution in [0, 0.1) is 5.82 Å². The molecular weight excluding hydrogens is 321 g/mol. The van der Waals surface area contributed by atoms with Gasteiger partial charge in [-0.25, -0.2) is 9.18 Å². The number of carbonyl (C=O) groups excluding carboxylic acids is 1. The van der Waals surface area contributed by atoms with Crippen LogP contribution in [-0.2, 0) is 4.74 Å². The Kier molecular flexibility index (Phi) is 5.53. The van der Waals surface area contributed by atoms with Crippen molar-refractivity contribution in [3.8, 4) is 5.75 Å². The summed E-state index contributed by atoms with van der Waals surface area (Å²) in [7, 11) is 0. The molecule has 0 aliphatic carbocycles. The molecule has 0 N–H and O–H groups in total. The summed E-state index contributed by atoms with van der Waals surface area (Å²) in [5, 5.41) is 0. The van der Waals surface area contributed by atoms with Gasteiger partial charge in [0.15, 0.2) is 11.6 Å². The van der Waals surface area contributed by atoms with Gasteiger partial charge in [0.1, 0.15) is 6.10 Å². The Bertz CT molecular complexity index is 707. The first-order valence-corrected chi connectivity index (χ1v) is 8.57. The number of nitrogens with zero attached hydrogens (tertiary/aromatic N) is 1. The number of para-hydroxylation sites is 1. The molecule has 1 heterocycles. The topological polar surface area (TPSA) is 38.8 Å². The van der Waals surface area contributed by atoms with E-state index in [0.29, 0.717) is 26.1 Å².